The number of urea groups is 1. The lowest BCUT2D eigenvalue weighted by molar-refractivity contribution is -0.132. The van der Waals surface area contributed by atoms with Gasteiger partial charge in [-0.3, -0.25) is 9.69 Å². The highest BCUT2D eigenvalue weighted by Crippen LogP contribution is 2.40. The molecule has 2 aromatic rings. The summed E-state index contributed by atoms with van der Waals surface area (Å²) in [7, 11) is -3.63. The molecule has 0 bridgehead atoms. The van der Waals surface area contributed by atoms with Crippen LogP contribution >= 0.6 is 15.9 Å². The normalized spacial score (nSPS) is 21.4. The fraction of sp³-hybridized carbons (Fsp3) is 0.263. The summed E-state index contributed by atoms with van der Waals surface area (Å²) in [6, 6.07) is 12.7. The number of sulfone groups is 1. The third-order valence-corrected chi connectivity index (χ3v) is 7.25. The van der Waals surface area contributed by atoms with Gasteiger partial charge in [0.15, 0.2) is 15.4 Å². The number of para-hydroxylation sites is 1. The van der Waals surface area contributed by atoms with Crippen LogP contribution in [-0.2, 0) is 20.2 Å². The molecule has 1 spiro atoms. The van der Waals surface area contributed by atoms with E-state index in [1.807, 2.05) is 0 Å². The number of ether oxygens (including phenoxy) is 1. The van der Waals surface area contributed by atoms with Gasteiger partial charge < -0.3 is 10.1 Å². The van der Waals surface area contributed by atoms with Crippen LogP contribution in [0.25, 0.3) is 0 Å². The molecule has 0 unspecified atom stereocenters. The van der Waals surface area contributed by atoms with Gasteiger partial charge in [0.2, 0.25) is 0 Å². The number of hydrogen-bond donors (Lipinski definition) is 1. The molecule has 4 rings (SSSR count). The van der Waals surface area contributed by atoms with Crippen molar-refractivity contribution in [2.45, 2.75) is 16.9 Å². The molecule has 1 saturated heterocycles. The second kappa shape index (κ2) is 6.89. The van der Waals surface area contributed by atoms with Crippen LogP contribution in [0.1, 0.15) is 12.0 Å². The van der Waals surface area contributed by atoms with Crippen LogP contribution in [-0.4, -0.2) is 44.2 Å². The predicted molar refractivity (Wildman–Crippen MR) is 105 cm³/mol. The van der Waals surface area contributed by atoms with Crippen LogP contribution in [0.3, 0.4) is 0 Å². The quantitative estimate of drug-likeness (QED) is 0.701. The van der Waals surface area contributed by atoms with Gasteiger partial charge in [-0.2, -0.15) is 0 Å². The van der Waals surface area contributed by atoms with Crippen molar-refractivity contribution < 1.29 is 22.7 Å². The van der Waals surface area contributed by atoms with Crippen molar-refractivity contribution >= 4 is 37.7 Å². The fourth-order valence-corrected chi connectivity index (χ4v) is 5.02. The molecule has 28 heavy (non-hydrogen) atoms. The first kappa shape index (κ1) is 18.9. The first-order chi connectivity index (χ1) is 13.3. The third-order valence-electron chi connectivity index (χ3n) is 5.01. The van der Waals surface area contributed by atoms with E-state index in [4.69, 9.17) is 4.74 Å². The molecule has 9 heteroatoms. The van der Waals surface area contributed by atoms with Gasteiger partial charge in [-0.1, -0.05) is 34.1 Å². The van der Waals surface area contributed by atoms with Crippen molar-refractivity contribution in [2.24, 2.45) is 0 Å². The van der Waals surface area contributed by atoms with Gasteiger partial charge in [0.1, 0.15) is 5.75 Å². The second-order valence-corrected chi connectivity index (χ2v) is 9.68. The van der Waals surface area contributed by atoms with Gasteiger partial charge in [0, 0.05) is 23.0 Å². The number of carbonyl (C=O) groups is 2. The minimum atomic E-state index is -3.63. The molecular weight excluding hydrogens is 448 g/mol. The maximum absolute atomic E-state index is 13.1. The van der Waals surface area contributed by atoms with E-state index in [-0.39, 0.29) is 23.8 Å². The van der Waals surface area contributed by atoms with Crippen LogP contribution in [0, 0.1) is 0 Å². The minimum Gasteiger partial charge on any atom is -0.493 e. The van der Waals surface area contributed by atoms with Gasteiger partial charge in [0.25, 0.3) is 5.91 Å². The van der Waals surface area contributed by atoms with Gasteiger partial charge >= 0.3 is 6.03 Å². The van der Waals surface area contributed by atoms with E-state index in [2.05, 4.69) is 21.2 Å². The first-order valence-electron chi connectivity index (χ1n) is 8.68. The summed E-state index contributed by atoms with van der Waals surface area (Å²) in [4.78, 5) is 26.8. The Bertz CT molecular complexity index is 1050. The summed E-state index contributed by atoms with van der Waals surface area (Å²) >= 11 is 3.26. The average molecular weight is 465 g/mol. The number of fused-ring (bicyclic) bond motifs is 2. The Labute approximate surface area is 170 Å². The molecule has 2 aromatic carbocycles. The summed E-state index contributed by atoms with van der Waals surface area (Å²) in [6.07, 6.45) is 0.296. The standard InChI is InChI=1S/C19H17BrN2O5S/c20-13-5-7-14(8-6-13)28(25,26)12-10-22-17(23)19(21-18(22)24)9-11-27-16-4-2-1-3-15(16)19/h1-8H,9-12H2,(H,21,24)/t19-/m1/s1. The van der Waals surface area contributed by atoms with Crippen molar-refractivity contribution in [3.05, 3.63) is 58.6 Å². The third kappa shape index (κ3) is 3.08. The first-order valence-corrected chi connectivity index (χ1v) is 11.1. The van der Waals surface area contributed by atoms with Crippen molar-refractivity contribution in [1.29, 1.82) is 0 Å². The Balaban J connectivity index is 1.57. The lowest BCUT2D eigenvalue weighted by Crippen LogP contribution is -2.47. The van der Waals surface area contributed by atoms with Gasteiger partial charge in [-0.05, 0) is 30.3 Å². The average Bonchev–Trinajstić information content (AvgIpc) is 2.91. The molecular formula is C19H17BrN2O5S. The zero-order valence-electron chi connectivity index (χ0n) is 14.7. The predicted octanol–water partition coefficient (Wildman–Crippen LogP) is 2.45. The Morgan fingerprint density at radius 3 is 2.57 bits per heavy atom. The van der Waals surface area contributed by atoms with Crippen LogP contribution < -0.4 is 10.1 Å². The smallest absolute Gasteiger partial charge is 0.325 e. The number of rotatable bonds is 4. The highest BCUT2D eigenvalue weighted by molar-refractivity contribution is 9.10. The zero-order valence-corrected chi connectivity index (χ0v) is 17.1. The highest BCUT2D eigenvalue weighted by Gasteiger charge is 2.54. The van der Waals surface area contributed by atoms with Crippen LogP contribution in [0.4, 0.5) is 4.79 Å². The van der Waals surface area contributed by atoms with Gasteiger partial charge in [-0.15, -0.1) is 0 Å². The second-order valence-electron chi connectivity index (χ2n) is 6.66. The Hall–Kier alpha value is -2.39. The maximum Gasteiger partial charge on any atom is 0.325 e. The molecule has 0 saturated carbocycles. The summed E-state index contributed by atoms with van der Waals surface area (Å²) in [6.45, 7) is 0.0713. The topological polar surface area (TPSA) is 92.8 Å². The van der Waals surface area contributed by atoms with Crippen molar-refractivity contribution in [3.8, 4) is 5.75 Å². The van der Waals surface area contributed by atoms with Crippen LogP contribution in [0.2, 0.25) is 0 Å². The molecule has 2 heterocycles. The molecule has 0 aromatic heterocycles. The lowest BCUT2D eigenvalue weighted by Gasteiger charge is -2.33. The Morgan fingerprint density at radius 2 is 1.82 bits per heavy atom. The number of benzene rings is 2. The number of carbonyl (C=O) groups excluding carboxylic acids is 2. The van der Waals surface area contributed by atoms with E-state index in [0.717, 1.165) is 9.37 Å². The Morgan fingerprint density at radius 1 is 1.11 bits per heavy atom. The molecule has 0 aliphatic carbocycles. The number of hydrogen-bond acceptors (Lipinski definition) is 5. The number of halogens is 1. The molecule has 1 N–H and O–H groups in total. The van der Waals surface area contributed by atoms with Gasteiger partial charge in [0.05, 0.1) is 17.3 Å². The number of nitrogens with zero attached hydrogens (tertiary/aromatic N) is 1. The molecule has 1 fully saturated rings. The monoisotopic (exact) mass is 464 g/mol. The van der Waals surface area contributed by atoms with E-state index in [0.29, 0.717) is 17.7 Å². The zero-order chi connectivity index (χ0) is 19.9. The summed E-state index contributed by atoms with van der Waals surface area (Å²) < 4.78 is 31.5. The Kier molecular flexibility index (Phi) is 4.67. The number of nitrogens with one attached hydrogen (secondary N) is 1. The van der Waals surface area contributed by atoms with E-state index in [1.165, 1.54) is 12.1 Å². The number of amides is 3. The van der Waals surface area contributed by atoms with Gasteiger partial charge in [-0.25, -0.2) is 13.2 Å². The molecule has 146 valence electrons. The van der Waals surface area contributed by atoms with E-state index >= 15 is 0 Å². The number of imide groups is 1. The van der Waals surface area contributed by atoms with Crippen LogP contribution in [0.5, 0.6) is 5.75 Å². The molecule has 7 nitrogen and oxygen atoms in total. The maximum atomic E-state index is 13.1. The van der Waals surface area contributed by atoms with Crippen molar-refractivity contribution in [3.63, 3.8) is 0 Å². The largest absolute Gasteiger partial charge is 0.493 e. The fourth-order valence-electron chi connectivity index (χ4n) is 3.55. The van der Waals surface area contributed by atoms with Crippen molar-refractivity contribution in [1.82, 2.24) is 10.2 Å². The molecule has 2 aliphatic heterocycles. The summed E-state index contributed by atoms with van der Waals surface area (Å²) in [5, 5.41) is 2.77. The van der Waals surface area contributed by atoms with E-state index in [1.54, 1.807) is 36.4 Å². The van der Waals surface area contributed by atoms with E-state index in [9.17, 15) is 18.0 Å². The highest BCUT2D eigenvalue weighted by atomic mass is 79.9. The van der Waals surface area contributed by atoms with Crippen molar-refractivity contribution in [2.75, 3.05) is 18.9 Å². The molecule has 2 aliphatic rings. The SMILES string of the molecule is O=C1N[C@@]2(CCOc3ccccc32)C(=O)N1CCS(=O)(=O)c1ccc(Br)cc1. The molecule has 0 radical (unpaired) electrons. The lowest BCUT2D eigenvalue weighted by atomic mass is 9.84. The van der Waals surface area contributed by atoms with E-state index < -0.39 is 27.3 Å². The summed E-state index contributed by atoms with van der Waals surface area (Å²) in [5.41, 5.74) is -0.606. The molecule has 1 atom stereocenters. The minimum absolute atomic E-state index is 0.147. The molecule has 3 amide bonds. The van der Waals surface area contributed by atoms with Crippen LogP contribution in [0.15, 0.2) is 57.9 Å². The summed E-state index contributed by atoms with van der Waals surface area (Å²) in [5.74, 6) is -0.242.